The van der Waals surface area contributed by atoms with Gasteiger partial charge in [-0.1, -0.05) is 50.1 Å². The monoisotopic (exact) mass is 294 g/mol. The van der Waals surface area contributed by atoms with Crippen molar-refractivity contribution < 1.29 is 14.1 Å². The predicted octanol–water partition coefficient (Wildman–Crippen LogP) is 3.01. The maximum Gasteiger partial charge on any atom is 0.319 e. The maximum atomic E-state index is 12.6. The molecule has 3 nitrogen and oxygen atoms in total. The Morgan fingerprint density at radius 2 is 2.05 bits per heavy atom. The Morgan fingerprint density at radius 1 is 1.35 bits per heavy atom. The minimum atomic E-state index is -1.30. The topological polar surface area (TPSA) is 54.4 Å². The highest BCUT2D eigenvalue weighted by Gasteiger charge is 2.33. The molecule has 1 aromatic rings. The Bertz CT molecular complexity index is 472. The van der Waals surface area contributed by atoms with Crippen molar-refractivity contribution in [3.8, 4) is 0 Å². The van der Waals surface area contributed by atoms with Crippen molar-refractivity contribution >= 4 is 16.8 Å². The summed E-state index contributed by atoms with van der Waals surface area (Å²) in [5, 5.41) is 8.67. The Morgan fingerprint density at radius 3 is 2.65 bits per heavy atom. The van der Waals surface area contributed by atoms with Crippen molar-refractivity contribution in [2.75, 3.05) is 0 Å². The first-order chi connectivity index (χ1) is 9.58. The van der Waals surface area contributed by atoms with Gasteiger partial charge in [0.2, 0.25) is 0 Å². The lowest BCUT2D eigenvalue weighted by Gasteiger charge is -2.28. The fraction of sp³-hybridized carbons (Fsp3) is 0.562. The lowest BCUT2D eigenvalue weighted by molar-refractivity contribution is -0.136. The third-order valence-electron chi connectivity index (χ3n) is 4.04. The summed E-state index contributed by atoms with van der Waals surface area (Å²) in [4.78, 5) is 11.5. The standard InChI is InChI=1S/C16H22O3S/c1-12-6-5-9-14(10-12)20(19)15(16(17)18)11-13-7-3-2-4-8-13/h2-4,7-8,12,14-15H,5-6,9-11H2,1H3,(H,17,18). The summed E-state index contributed by atoms with van der Waals surface area (Å²) >= 11 is 0. The lowest BCUT2D eigenvalue weighted by Crippen LogP contribution is -2.36. The average Bonchev–Trinajstić information content (AvgIpc) is 2.45. The highest BCUT2D eigenvalue weighted by atomic mass is 32.2. The second-order valence-corrected chi connectivity index (χ2v) is 7.63. The minimum Gasteiger partial charge on any atom is -0.480 e. The van der Waals surface area contributed by atoms with Crippen molar-refractivity contribution in [1.82, 2.24) is 0 Å². The number of aliphatic carboxylic acids is 1. The average molecular weight is 294 g/mol. The molecule has 4 atom stereocenters. The number of hydrogen-bond donors (Lipinski definition) is 1. The predicted molar refractivity (Wildman–Crippen MR) is 81.1 cm³/mol. The van der Waals surface area contributed by atoms with Crippen molar-refractivity contribution in [1.29, 1.82) is 0 Å². The zero-order chi connectivity index (χ0) is 14.5. The van der Waals surface area contributed by atoms with E-state index in [1.807, 2.05) is 30.3 Å². The van der Waals surface area contributed by atoms with Crippen LogP contribution in [0.2, 0.25) is 0 Å². The molecule has 0 saturated heterocycles. The number of rotatable bonds is 5. The summed E-state index contributed by atoms with van der Waals surface area (Å²) in [5.74, 6) is -0.380. The van der Waals surface area contributed by atoms with Gasteiger partial charge >= 0.3 is 5.97 Å². The summed E-state index contributed by atoms with van der Waals surface area (Å²) in [7, 11) is -1.30. The largest absolute Gasteiger partial charge is 0.480 e. The van der Waals surface area contributed by atoms with Gasteiger partial charge in [0.25, 0.3) is 0 Å². The summed E-state index contributed by atoms with van der Waals surface area (Å²) in [6, 6.07) is 9.48. The van der Waals surface area contributed by atoms with E-state index in [1.54, 1.807) is 0 Å². The Balaban J connectivity index is 2.08. The van der Waals surface area contributed by atoms with Gasteiger partial charge in [-0.15, -0.1) is 0 Å². The molecule has 4 heteroatoms. The van der Waals surface area contributed by atoms with Crippen LogP contribution in [0.15, 0.2) is 30.3 Å². The molecule has 0 spiro atoms. The Labute approximate surface area is 122 Å². The van der Waals surface area contributed by atoms with Gasteiger partial charge in [-0.3, -0.25) is 9.00 Å². The van der Waals surface area contributed by atoms with E-state index in [9.17, 15) is 14.1 Å². The molecule has 4 unspecified atom stereocenters. The van der Waals surface area contributed by atoms with Crippen LogP contribution in [-0.2, 0) is 22.0 Å². The molecule has 0 heterocycles. The molecule has 110 valence electrons. The lowest BCUT2D eigenvalue weighted by atomic mass is 9.91. The van der Waals surface area contributed by atoms with E-state index in [1.165, 1.54) is 6.42 Å². The van der Waals surface area contributed by atoms with Crippen molar-refractivity contribution in [2.24, 2.45) is 5.92 Å². The van der Waals surface area contributed by atoms with E-state index in [2.05, 4.69) is 6.92 Å². The van der Waals surface area contributed by atoms with Crippen LogP contribution >= 0.6 is 0 Å². The van der Waals surface area contributed by atoms with Gasteiger partial charge in [0.1, 0.15) is 5.25 Å². The van der Waals surface area contributed by atoms with Gasteiger partial charge < -0.3 is 5.11 Å². The molecule has 0 bridgehead atoms. The van der Waals surface area contributed by atoms with Crippen LogP contribution in [0.25, 0.3) is 0 Å². The van der Waals surface area contributed by atoms with E-state index in [0.717, 1.165) is 24.8 Å². The molecule has 20 heavy (non-hydrogen) atoms. The van der Waals surface area contributed by atoms with Crippen LogP contribution in [0.1, 0.15) is 38.2 Å². The fourth-order valence-electron chi connectivity index (χ4n) is 2.92. The highest BCUT2D eigenvalue weighted by molar-refractivity contribution is 7.87. The third kappa shape index (κ3) is 3.92. The molecule has 0 aliphatic heterocycles. The van der Waals surface area contributed by atoms with Crippen LogP contribution in [0.3, 0.4) is 0 Å². The minimum absolute atomic E-state index is 0.0450. The maximum absolute atomic E-state index is 12.6. The Hall–Kier alpha value is -1.16. The molecule has 0 radical (unpaired) electrons. The summed E-state index contributed by atoms with van der Waals surface area (Å²) in [6.45, 7) is 2.16. The van der Waals surface area contributed by atoms with E-state index < -0.39 is 22.0 Å². The first-order valence-electron chi connectivity index (χ1n) is 7.24. The molecule has 0 aromatic heterocycles. The van der Waals surface area contributed by atoms with E-state index in [-0.39, 0.29) is 5.25 Å². The van der Waals surface area contributed by atoms with Gasteiger partial charge in [0.15, 0.2) is 0 Å². The summed E-state index contributed by atoms with van der Waals surface area (Å²) < 4.78 is 12.6. The second kappa shape index (κ2) is 7.02. The number of carboxylic acids is 1. The number of carboxylic acid groups (broad SMARTS) is 1. The van der Waals surface area contributed by atoms with Crippen molar-refractivity contribution in [2.45, 2.75) is 49.5 Å². The zero-order valence-electron chi connectivity index (χ0n) is 11.8. The highest BCUT2D eigenvalue weighted by Crippen LogP contribution is 2.29. The van der Waals surface area contributed by atoms with Crippen LogP contribution in [0.4, 0.5) is 0 Å². The SMILES string of the molecule is CC1CCCC(S(=O)C(Cc2ccccc2)C(=O)O)C1. The molecule has 1 N–H and O–H groups in total. The van der Waals surface area contributed by atoms with Crippen LogP contribution in [0, 0.1) is 5.92 Å². The van der Waals surface area contributed by atoms with Gasteiger partial charge in [0, 0.05) is 16.0 Å². The quantitative estimate of drug-likeness (QED) is 0.908. The normalized spacial score (nSPS) is 25.9. The number of hydrogen-bond acceptors (Lipinski definition) is 2. The van der Waals surface area contributed by atoms with Crippen LogP contribution < -0.4 is 0 Å². The van der Waals surface area contributed by atoms with Crippen LogP contribution in [-0.4, -0.2) is 25.8 Å². The second-order valence-electron chi connectivity index (χ2n) is 5.74. The first-order valence-corrected chi connectivity index (χ1v) is 8.51. The molecular formula is C16H22O3S. The molecule has 1 saturated carbocycles. The van der Waals surface area contributed by atoms with E-state index >= 15 is 0 Å². The van der Waals surface area contributed by atoms with Crippen molar-refractivity contribution in [3.63, 3.8) is 0 Å². The third-order valence-corrected chi connectivity index (χ3v) is 6.05. The molecule has 0 amide bonds. The number of benzene rings is 1. The van der Waals surface area contributed by atoms with Gasteiger partial charge in [0.05, 0.1) is 0 Å². The molecule has 1 aliphatic rings. The molecule has 1 fully saturated rings. The smallest absolute Gasteiger partial charge is 0.319 e. The van der Waals surface area contributed by atoms with Crippen molar-refractivity contribution in [3.05, 3.63) is 35.9 Å². The van der Waals surface area contributed by atoms with Gasteiger partial charge in [-0.2, -0.15) is 0 Å². The van der Waals surface area contributed by atoms with Gasteiger partial charge in [-0.05, 0) is 30.7 Å². The first kappa shape index (κ1) is 15.2. The molecule has 1 aliphatic carbocycles. The zero-order valence-corrected chi connectivity index (χ0v) is 12.6. The Kier molecular flexibility index (Phi) is 5.35. The molecular weight excluding hydrogens is 272 g/mol. The summed E-state index contributed by atoms with van der Waals surface area (Å²) in [5.41, 5.74) is 0.942. The number of carbonyl (C=O) groups is 1. The van der Waals surface area contributed by atoms with Gasteiger partial charge in [-0.25, -0.2) is 0 Å². The summed E-state index contributed by atoms with van der Waals surface area (Å²) in [6.07, 6.45) is 4.38. The van der Waals surface area contributed by atoms with Crippen LogP contribution in [0.5, 0.6) is 0 Å². The van der Waals surface area contributed by atoms with E-state index in [0.29, 0.717) is 12.3 Å². The molecule has 1 aromatic carbocycles. The van der Waals surface area contributed by atoms with E-state index in [4.69, 9.17) is 0 Å². The fourth-order valence-corrected chi connectivity index (χ4v) is 4.86. The molecule has 2 rings (SSSR count).